The molecular formula is C22H26N2O4. The summed E-state index contributed by atoms with van der Waals surface area (Å²) in [5, 5.41) is 0. The van der Waals surface area contributed by atoms with Crippen molar-refractivity contribution < 1.29 is 19.0 Å². The maximum absolute atomic E-state index is 12.7. The van der Waals surface area contributed by atoms with Gasteiger partial charge in [-0.1, -0.05) is 60.7 Å². The third kappa shape index (κ3) is 4.35. The quantitative estimate of drug-likeness (QED) is 0.796. The van der Waals surface area contributed by atoms with E-state index >= 15 is 0 Å². The van der Waals surface area contributed by atoms with Crippen molar-refractivity contribution in [1.29, 1.82) is 0 Å². The van der Waals surface area contributed by atoms with Gasteiger partial charge in [0.15, 0.2) is 6.23 Å². The SMILES string of the molecule is COC1C2CN(Cc3ccccc3)CC(CN1C(=O)OCc1ccccc1)O2. The number of benzene rings is 2. The van der Waals surface area contributed by atoms with Crippen LogP contribution in [0.3, 0.4) is 0 Å². The lowest BCUT2D eigenvalue weighted by atomic mass is 10.1. The van der Waals surface area contributed by atoms with E-state index in [9.17, 15) is 4.79 Å². The van der Waals surface area contributed by atoms with Crippen LogP contribution in [-0.2, 0) is 27.4 Å². The molecule has 148 valence electrons. The Hall–Kier alpha value is -2.41. The van der Waals surface area contributed by atoms with Crippen LogP contribution < -0.4 is 0 Å². The van der Waals surface area contributed by atoms with E-state index in [1.54, 1.807) is 12.0 Å². The maximum Gasteiger partial charge on any atom is 0.412 e. The normalized spacial score (nSPS) is 24.8. The van der Waals surface area contributed by atoms with Crippen LogP contribution in [-0.4, -0.2) is 61.1 Å². The molecule has 2 bridgehead atoms. The lowest BCUT2D eigenvalue weighted by molar-refractivity contribution is -0.220. The highest BCUT2D eigenvalue weighted by molar-refractivity contribution is 5.68. The van der Waals surface area contributed by atoms with Crippen molar-refractivity contribution in [2.75, 3.05) is 26.7 Å². The monoisotopic (exact) mass is 382 g/mol. The molecule has 6 nitrogen and oxygen atoms in total. The number of carbonyl (C=O) groups excluding carboxylic acids is 1. The number of carbonyl (C=O) groups is 1. The summed E-state index contributed by atoms with van der Waals surface area (Å²) in [7, 11) is 1.61. The second kappa shape index (κ2) is 8.73. The van der Waals surface area contributed by atoms with Crippen LogP contribution in [0.25, 0.3) is 0 Å². The van der Waals surface area contributed by atoms with Gasteiger partial charge >= 0.3 is 6.09 Å². The summed E-state index contributed by atoms with van der Waals surface area (Å²) in [6, 6.07) is 20.1. The first-order chi connectivity index (χ1) is 13.7. The minimum absolute atomic E-state index is 0.0434. The number of morpholine rings is 2. The van der Waals surface area contributed by atoms with E-state index in [1.807, 2.05) is 36.4 Å². The zero-order chi connectivity index (χ0) is 19.3. The van der Waals surface area contributed by atoms with Crippen molar-refractivity contribution in [1.82, 2.24) is 9.80 Å². The van der Waals surface area contributed by atoms with Crippen molar-refractivity contribution in [2.24, 2.45) is 0 Å². The van der Waals surface area contributed by atoms with Crippen LogP contribution in [0.1, 0.15) is 11.1 Å². The van der Waals surface area contributed by atoms with E-state index in [0.717, 1.165) is 18.7 Å². The molecule has 0 aromatic heterocycles. The first kappa shape index (κ1) is 18.9. The lowest BCUT2D eigenvalue weighted by Crippen LogP contribution is -2.65. The van der Waals surface area contributed by atoms with Crippen molar-refractivity contribution in [3.8, 4) is 0 Å². The fourth-order valence-electron chi connectivity index (χ4n) is 3.96. The van der Waals surface area contributed by atoms with Crippen molar-refractivity contribution >= 4 is 6.09 Å². The number of amides is 1. The van der Waals surface area contributed by atoms with Gasteiger partial charge in [0.05, 0.1) is 12.6 Å². The molecule has 4 rings (SSSR count). The van der Waals surface area contributed by atoms with Crippen LogP contribution in [0, 0.1) is 0 Å². The number of rotatable bonds is 5. The van der Waals surface area contributed by atoms with Gasteiger partial charge in [-0.2, -0.15) is 0 Å². The largest absolute Gasteiger partial charge is 0.444 e. The van der Waals surface area contributed by atoms with Crippen LogP contribution in [0.5, 0.6) is 0 Å². The molecule has 1 amide bonds. The van der Waals surface area contributed by atoms with E-state index in [-0.39, 0.29) is 24.9 Å². The Morgan fingerprint density at radius 2 is 1.68 bits per heavy atom. The highest BCUT2D eigenvalue weighted by Gasteiger charge is 2.44. The van der Waals surface area contributed by atoms with Crippen molar-refractivity contribution in [3.05, 3.63) is 71.8 Å². The first-order valence-corrected chi connectivity index (χ1v) is 9.65. The van der Waals surface area contributed by atoms with Gasteiger partial charge in [0.2, 0.25) is 0 Å². The molecule has 2 aromatic rings. The molecule has 2 saturated heterocycles. The van der Waals surface area contributed by atoms with Crippen LogP contribution in [0.15, 0.2) is 60.7 Å². The Kier molecular flexibility index (Phi) is 5.90. The predicted molar refractivity (Wildman–Crippen MR) is 105 cm³/mol. The molecule has 3 unspecified atom stereocenters. The number of hydrogen-bond donors (Lipinski definition) is 0. The molecule has 2 aromatic carbocycles. The highest BCUT2D eigenvalue weighted by Crippen LogP contribution is 2.26. The molecule has 0 radical (unpaired) electrons. The molecule has 0 saturated carbocycles. The molecule has 2 aliphatic heterocycles. The molecule has 2 heterocycles. The molecule has 28 heavy (non-hydrogen) atoms. The van der Waals surface area contributed by atoms with Gasteiger partial charge in [0, 0.05) is 26.7 Å². The van der Waals surface area contributed by atoms with E-state index in [1.165, 1.54) is 5.56 Å². The molecular weight excluding hydrogens is 356 g/mol. The summed E-state index contributed by atoms with van der Waals surface area (Å²) >= 11 is 0. The minimum atomic E-state index is -0.446. The number of hydrogen-bond acceptors (Lipinski definition) is 5. The van der Waals surface area contributed by atoms with Gasteiger partial charge < -0.3 is 14.2 Å². The van der Waals surface area contributed by atoms with Gasteiger partial charge in [-0.3, -0.25) is 9.80 Å². The lowest BCUT2D eigenvalue weighted by Gasteiger charge is -2.49. The van der Waals surface area contributed by atoms with Crippen molar-refractivity contribution in [2.45, 2.75) is 31.6 Å². The second-order valence-electron chi connectivity index (χ2n) is 7.30. The van der Waals surface area contributed by atoms with Crippen molar-refractivity contribution in [3.63, 3.8) is 0 Å². The smallest absolute Gasteiger partial charge is 0.412 e. The van der Waals surface area contributed by atoms with E-state index < -0.39 is 6.23 Å². The Labute approximate surface area is 165 Å². The fourth-order valence-corrected chi connectivity index (χ4v) is 3.96. The summed E-state index contributed by atoms with van der Waals surface area (Å²) < 4.78 is 17.3. The number of fused-ring (bicyclic) bond motifs is 2. The van der Waals surface area contributed by atoms with E-state index in [0.29, 0.717) is 13.1 Å². The molecule has 2 aliphatic rings. The van der Waals surface area contributed by atoms with Crippen LogP contribution in [0.2, 0.25) is 0 Å². The first-order valence-electron chi connectivity index (χ1n) is 9.65. The standard InChI is InChI=1S/C22H26N2O4/c1-26-21-20-15-23(12-17-8-4-2-5-9-17)13-19(28-20)14-24(21)22(25)27-16-18-10-6-3-7-11-18/h2-11,19-21H,12-16H2,1H3. The Morgan fingerprint density at radius 3 is 2.36 bits per heavy atom. The second-order valence-corrected chi connectivity index (χ2v) is 7.30. The summed E-state index contributed by atoms with van der Waals surface area (Å²) in [4.78, 5) is 16.7. The molecule has 3 atom stereocenters. The molecule has 0 aliphatic carbocycles. The van der Waals surface area contributed by atoms with Gasteiger partial charge in [0.25, 0.3) is 0 Å². The summed E-state index contributed by atoms with van der Waals surface area (Å²) in [5.41, 5.74) is 2.24. The van der Waals surface area contributed by atoms with Gasteiger partial charge in [-0.05, 0) is 11.1 Å². The minimum Gasteiger partial charge on any atom is -0.444 e. The topological polar surface area (TPSA) is 51.2 Å². The summed E-state index contributed by atoms with van der Waals surface area (Å²) in [6.07, 6.45) is -1.03. The zero-order valence-corrected chi connectivity index (χ0v) is 16.1. The third-order valence-corrected chi connectivity index (χ3v) is 5.22. The Balaban J connectivity index is 1.38. The number of ether oxygens (including phenoxy) is 3. The highest BCUT2D eigenvalue weighted by atomic mass is 16.6. The van der Waals surface area contributed by atoms with Gasteiger partial charge in [-0.15, -0.1) is 0 Å². The summed E-state index contributed by atoms with van der Waals surface area (Å²) in [6.45, 7) is 3.08. The molecule has 6 heteroatoms. The van der Waals surface area contributed by atoms with Gasteiger partial charge in [-0.25, -0.2) is 4.79 Å². The Bertz CT molecular complexity index is 771. The number of methoxy groups -OCH3 is 1. The average molecular weight is 382 g/mol. The molecule has 0 N–H and O–H groups in total. The van der Waals surface area contributed by atoms with E-state index in [4.69, 9.17) is 14.2 Å². The number of nitrogens with zero attached hydrogens (tertiary/aromatic N) is 2. The molecule has 0 spiro atoms. The predicted octanol–water partition coefficient (Wildman–Crippen LogP) is 2.88. The third-order valence-electron chi connectivity index (χ3n) is 5.22. The van der Waals surface area contributed by atoms with Crippen LogP contribution >= 0.6 is 0 Å². The fraction of sp³-hybridized carbons (Fsp3) is 0.409. The van der Waals surface area contributed by atoms with E-state index in [2.05, 4.69) is 29.2 Å². The zero-order valence-electron chi connectivity index (χ0n) is 16.1. The summed E-state index contributed by atoms with van der Waals surface area (Å²) in [5.74, 6) is 0. The average Bonchev–Trinajstić information content (AvgIpc) is 2.73. The van der Waals surface area contributed by atoms with Gasteiger partial charge in [0.1, 0.15) is 12.7 Å². The Morgan fingerprint density at radius 1 is 1.00 bits per heavy atom. The van der Waals surface area contributed by atoms with Crippen LogP contribution in [0.4, 0.5) is 4.79 Å². The maximum atomic E-state index is 12.7. The molecule has 2 fully saturated rings.